The van der Waals surface area contributed by atoms with Crippen LogP contribution in [0.1, 0.15) is 15.9 Å². The molecule has 0 fully saturated rings. The zero-order chi connectivity index (χ0) is 19.3. The highest BCUT2D eigenvalue weighted by Gasteiger charge is 2.20. The van der Waals surface area contributed by atoms with Crippen molar-refractivity contribution in [2.45, 2.75) is 6.54 Å². The van der Waals surface area contributed by atoms with Crippen molar-refractivity contribution >= 4 is 5.91 Å². The van der Waals surface area contributed by atoms with E-state index in [-0.39, 0.29) is 23.8 Å². The summed E-state index contributed by atoms with van der Waals surface area (Å²) in [7, 11) is 7.56. The van der Waals surface area contributed by atoms with Crippen LogP contribution in [0.2, 0.25) is 0 Å². The van der Waals surface area contributed by atoms with Crippen LogP contribution in [-0.4, -0.2) is 46.3 Å². The molecule has 0 aliphatic heterocycles. The molecule has 26 heavy (non-hydrogen) atoms. The predicted octanol–water partition coefficient (Wildman–Crippen LogP) is 3.13. The van der Waals surface area contributed by atoms with Gasteiger partial charge in [0.1, 0.15) is 0 Å². The Morgan fingerprint density at radius 1 is 0.923 bits per heavy atom. The van der Waals surface area contributed by atoms with Gasteiger partial charge in [0.05, 0.1) is 28.4 Å². The van der Waals surface area contributed by atoms with Gasteiger partial charge in [0, 0.05) is 24.7 Å². The minimum atomic E-state index is -0.588. The molecule has 2 rings (SSSR count). The number of hydrogen-bond donors (Lipinski definition) is 0. The number of halogens is 1. The van der Waals surface area contributed by atoms with Crippen LogP contribution in [-0.2, 0) is 6.54 Å². The van der Waals surface area contributed by atoms with Gasteiger partial charge in [0.2, 0.25) is 5.75 Å². The van der Waals surface area contributed by atoms with E-state index in [0.29, 0.717) is 17.2 Å². The Labute approximate surface area is 152 Å². The van der Waals surface area contributed by atoms with E-state index in [1.54, 1.807) is 19.2 Å². The summed E-state index contributed by atoms with van der Waals surface area (Å²) in [5, 5.41) is 0. The van der Waals surface area contributed by atoms with Gasteiger partial charge in [-0.3, -0.25) is 4.79 Å². The topological polar surface area (TPSA) is 57.2 Å². The maximum absolute atomic E-state index is 13.9. The summed E-state index contributed by atoms with van der Waals surface area (Å²) in [5.41, 5.74) is 0.959. The fourth-order valence-electron chi connectivity index (χ4n) is 2.63. The van der Waals surface area contributed by atoms with Crippen LogP contribution in [0.5, 0.6) is 23.0 Å². The summed E-state index contributed by atoms with van der Waals surface area (Å²) < 4.78 is 34.8. The average molecular weight is 363 g/mol. The number of carbonyl (C=O) groups is 1. The average Bonchev–Trinajstić information content (AvgIpc) is 2.66. The Bertz CT molecular complexity index is 794. The monoisotopic (exact) mass is 363 g/mol. The summed E-state index contributed by atoms with van der Waals surface area (Å²) >= 11 is 0. The summed E-state index contributed by atoms with van der Waals surface area (Å²) in [6, 6.07) is 7.63. The lowest BCUT2D eigenvalue weighted by Crippen LogP contribution is -2.26. The Balaban J connectivity index is 2.27. The largest absolute Gasteiger partial charge is 0.494 e. The second-order valence-electron chi connectivity index (χ2n) is 5.50. The SMILES string of the molecule is COc1ccc(C(=O)N(C)Cc2ccc(OC)c(OC)c2OC)cc1F. The van der Waals surface area contributed by atoms with Crippen LogP contribution >= 0.6 is 0 Å². The van der Waals surface area contributed by atoms with Gasteiger partial charge in [-0.2, -0.15) is 0 Å². The standard InChI is InChI=1S/C19H22FNO5/c1-21(19(22)12-6-8-15(23-2)14(20)10-12)11-13-7-9-16(24-3)18(26-5)17(13)25-4/h6-10H,11H2,1-5H3. The highest BCUT2D eigenvalue weighted by Crippen LogP contribution is 2.40. The van der Waals surface area contributed by atoms with Gasteiger partial charge in [-0.25, -0.2) is 4.39 Å². The number of hydrogen-bond acceptors (Lipinski definition) is 5. The highest BCUT2D eigenvalue weighted by atomic mass is 19.1. The first-order chi connectivity index (χ1) is 12.5. The molecule has 7 heteroatoms. The Hall–Kier alpha value is -2.96. The van der Waals surface area contributed by atoms with Gasteiger partial charge in [0.25, 0.3) is 5.91 Å². The number of amides is 1. The van der Waals surface area contributed by atoms with Gasteiger partial charge >= 0.3 is 0 Å². The van der Waals surface area contributed by atoms with E-state index in [4.69, 9.17) is 18.9 Å². The molecule has 140 valence electrons. The third-order valence-corrected chi connectivity index (χ3v) is 3.94. The number of methoxy groups -OCH3 is 4. The van der Waals surface area contributed by atoms with Crippen molar-refractivity contribution in [2.24, 2.45) is 0 Å². The van der Waals surface area contributed by atoms with Crippen LogP contribution in [0.15, 0.2) is 30.3 Å². The van der Waals surface area contributed by atoms with Gasteiger partial charge in [-0.1, -0.05) is 0 Å². The second kappa shape index (κ2) is 8.42. The van der Waals surface area contributed by atoms with Gasteiger partial charge in [-0.15, -0.1) is 0 Å². The maximum atomic E-state index is 13.9. The molecule has 0 unspecified atom stereocenters. The molecule has 1 amide bonds. The lowest BCUT2D eigenvalue weighted by molar-refractivity contribution is 0.0783. The zero-order valence-electron chi connectivity index (χ0n) is 15.5. The molecule has 0 aliphatic carbocycles. The summed E-state index contributed by atoms with van der Waals surface area (Å²) in [5.74, 6) is 0.625. The number of nitrogens with zero attached hydrogens (tertiary/aromatic N) is 1. The molecule has 0 saturated heterocycles. The molecule has 0 saturated carbocycles. The summed E-state index contributed by atoms with van der Waals surface area (Å²) in [6.45, 7) is 0.246. The van der Waals surface area contributed by atoms with E-state index in [1.807, 2.05) is 0 Å². The maximum Gasteiger partial charge on any atom is 0.254 e. The molecule has 6 nitrogen and oxygen atoms in total. The minimum Gasteiger partial charge on any atom is -0.494 e. The van der Waals surface area contributed by atoms with E-state index >= 15 is 0 Å². The van der Waals surface area contributed by atoms with E-state index in [9.17, 15) is 9.18 Å². The van der Waals surface area contributed by atoms with E-state index < -0.39 is 5.82 Å². The van der Waals surface area contributed by atoms with Crippen molar-refractivity contribution in [3.05, 3.63) is 47.3 Å². The van der Waals surface area contributed by atoms with Crippen LogP contribution < -0.4 is 18.9 Å². The van der Waals surface area contributed by atoms with Crippen molar-refractivity contribution in [3.8, 4) is 23.0 Å². The predicted molar refractivity (Wildman–Crippen MR) is 94.8 cm³/mol. The molecule has 0 N–H and O–H groups in total. The molecule has 0 bridgehead atoms. The lowest BCUT2D eigenvalue weighted by atomic mass is 10.1. The first kappa shape index (κ1) is 19.4. The third kappa shape index (κ3) is 3.82. The molecular formula is C19H22FNO5. The van der Waals surface area contributed by atoms with Crippen molar-refractivity contribution in [3.63, 3.8) is 0 Å². The molecule has 0 aromatic heterocycles. The Kier molecular flexibility index (Phi) is 6.27. The van der Waals surface area contributed by atoms with Gasteiger partial charge in [0.15, 0.2) is 23.1 Å². The molecule has 0 atom stereocenters. The highest BCUT2D eigenvalue weighted by molar-refractivity contribution is 5.94. The molecule has 2 aromatic carbocycles. The molecule has 0 radical (unpaired) electrons. The first-order valence-electron chi connectivity index (χ1n) is 7.83. The van der Waals surface area contributed by atoms with Crippen molar-refractivity contribution in [1.82, 2.24) is 4.90 Å². The van der Waals surface area contributed by atoms with Crippen molar-refractivity contribution in [2.75, 3.05) is 35.5 Å². The zero-order valence-corrected chi connectivity index (χ0v) is 15.5. The second-order valence-corrected chi connectivity index (χ2v) is 5.50. The smallest absolute Gasteiger partial charge is 0.254 e. The Morgan fingerprint density at radius 2 is 1.54 bits per heavy atom. The van der Waals surface area contributed by atoms with Gasteiger partial charge in [-0.05, 0) is 30.3 Å². The molecule has 0 heterocycles. The fraction of sp³-hybridized carbons (Fsp3) is 0.316. The Morgan fingerprint density at radius 3 is 2.08 bits per heavy atom. The normalized spacial score (nSPS) is 10.2. The van der Waals surface area contributed by atoms with Crippen molar-refractivity contribution < 1.29 is 28.1 Å². The summed E-state index contributed by atoms with van der Waals surface area (Å²) in [4.78, 5) is 14.1. The number of ether oxygens (including phenoxy) is 4. The molecule has 0 spiro atoms. The van der Waals surface area contributed by atoms with E-state index in [1.165, 1.54) is 45.5 Å². The van der Waals surface area contributed by atoms with Crippen LogP contribution in [0.25, 0.3) is 0 Å². The minimum absolute atomic E-state index is 0.0887. The summed E-state index contributed by atoms with van der Waals surface area (Å²) in [6.07, 6.45) is 0. The lowest BCUT2D eigenvalue weighted by Gasteiger charge is -2.21. The quantitative estimate of drug-likeness (QED) is 0.756. The third-order valence-electron chi connectivity index (χ3n) is 3.94. The van der Waals surface area contributed by atoms with Crippen LogP contribution in [0, 0.1) is 5.82 Å². The van der Waals surface area contributed by atoms with E-state index in [2.05, 4.69) is 0 Å². The number of carbonyl (C=O) groups excluding carboxylic acids is 1. The molecular weight excluding hydrogens is 341 g/mol. The molecule has 0 aliphatic rings. The first-order valence-corrected chi connectivity index (χ1v) is 7.83. The fourth-order valence-corrected chi connectivity index (χ4v) is 2.63. The van der Waals surface area contributed by atoms with Crippen LogP contribution in [0.3, 0.4) is 0 Å². The van der Waals surface area contributed by atoms with Crippen molar-refractivity contribution in [1.29, 1.82) is 0 Å². The molecule has 2 aromatic rings. The van der Waals surface area contributed by atoms with Crippen LogP contribution in [0.4, 0.5) is 4.39 Å². The number of rotatable bonds is 7. The van der Waals surface area contributed by atoms with E-state index in [0.717, 1.165) is 11.6 Å². The number of benzene rings is 2. The van der Waals surface area contributed by atoms with Gasteiger partial charge < -0.3 is 23.8 Å².